The maximum atomic E-state index is 11.2. The van der Waals surface area contributed by atoms with Gasteiger partial charge in [0.25, 0.3) is 5.91 Å². The Balaban J connectivity index is 2.46. The third-order valence-corrected chi connectivity index (χ3v) is 1.99. The number of urea groups is 1. The van der Waals surface area contributed by atoms with E-state index in [-0.39, 0.29) is 6.61 Å². The molecule has 96 valence electrons. The fourth-order valence-corrected chi connectivity index (χ4v) is 1.09. The van der Waals surface area contributed by atoms with Gasteiger partial charge in [0.1, 0.15) is 5.75 Å². The van der Waals surface area contributed by atoms with Crippen LogP contribution in [-0.2, 0) is 4.79 Å². The van der Waals surface area contributed by atoms with Crippen molar-refractivity contribution in [3.8, 4) is 5.75 Å². The van der Waals surface area contributed by atoms with Gasteiger partial charge in [0, 0.05) is 12.6 Å². The molecule has 4 N–H and O–H groups in total. The summed E-state index contributed by atoms with van der Waals surface area (Å²) in [5.74, 6) is -0.723. The highest BCUT2D eigenvalue weighted by Gasteiger charge is 2.07. The lowest BCUT2D eigenvalue weighted by Crippen LogP contribution is -2.39. The van der Waals surface area contributed by atoms with E-state index in [1.807, 2.05) is 5.32 Å². The first-order chi connectivity index (χ1) is 8.52. The minimum Gasteiger partial charge on any atom is -0.484 e. The molecule has 0 saturated heterocycles. The fourth-order valence-electron chi connectivity index (χ4n) is 1.09. The molecule has 7 heteroatoms. The zero-order chi connectivity index (χ0) is 13.5. The number of nitrogens with two attached hydrogens (primary N) is 1. The molecule has 1 rings (SSSR count). The van der Waals surface area contributed by atoms with Crippen LogP contribution in [-0.4, -0.2) is 31.5 Å². The highest BCUT2D eigenvalue weighted by Crippen LogP contribution is 2.11. The molecule has 0 aliphatic carbocycles. The van der Waals surface area contributed by atoms with Crippen LogP contribution in [0, 0.1) is 0 Å². The Kier molecular flexibility index (Phi) is 4.67. The van der Waals surface area contributed by atoms with Crippen LogP contribution in [0.15, 0.2) is 24.3 Å². The lowest BCUT2D eigenvalue weighted by atomic mass is 10.2. The zero-order valence-electron chi connectivity index (χ0n) is 9.73. The summed E-state index contributed by atoms with van der Waals surface area (Å²) in [6.45, 7) is -0.302. The molecular weight excluding hydrogens is 238 g/mol. The standard InChI is InChI=1S/C11H13N3O4/c1-13-11(17)14-9(15)6-18-8-4-2-7(3-5-8)10(12)16/h2-5H,6H2,1H3,(H2,12,16)(H2,13,14,15,17). The topological polar surface area (TPSA) is 111 Å². The molecule has 0 aliphatic heterocycles. The lowest BCUT2D eigenvalue weighted by molar-refractivity contribution is -0.122. The minimum atomic E-state index is -0.604. The SMILES string of the molecule is CNC(=O)NC(=O)COc1ccc(C(N)=O)cc1. The summed E-state index contributed by atoms with van der Waals surface area (Å²) in [6, 6.07) is 5.37. The molecule has 0 spiro atoms. The smallest absolute Gasteiger partial charge is 0.321 e. The number of primary amides is 1. The Morgan fingerprint density at radius 1 is 1.22 bits per heavy atom. The summed E-state index contributed by atoms with van der Waals surface area (Å²) >= 11 is 0. The first kappa shape index (κ1) is 13.5. The minimum absolute atomic E-state index is 0.302. The predicted octanol–water partition coefficient (Wildman–Crippen LogP) is -0.380. The summed E-state index contributed by atoms with van der Waals surface area (Å²) in [7, 11) is 1.39. The second-order valence-corrected chi connectivity index (χ2v) is 3.30. The quantitative estimate of drug-likeness (QED) is 0.677. The molecule has 1 aromatic rings. The Morgan fingerprint density at radius 2 is 1.83 bits per heavy atom. The van der Waals surface area contributed by atoms with E-state index in [0.717, 1.165) is 0 Å². The van der Waals surface area contributed by atoms with Crippen molar-refractivity contribution in [1.82, 2.24) is 10.6 Å². The molecule has 0 aromatic heterocycles. The van der Waals surface area contributed by atoms with Gasteiger partial charge < -0.3 is 15.8 Å². The van der Waals surface area contributed by atoms with Gasteiger partial charge in [-0.1, -0.05) is 0 Å². The van der Waals surface area contributed by atoms with E-state index < -0.39 is 17.8 Å². The van der Waals surface area contributed by atoms with Crippen molar-refractivity contribution in [1.29, 1.82) is 0 Å². The Hall–Kier alpha value is -2.57. The van der Waals surface area contributed by atoms with Gasteiger partial charge in [0.15, 0.2) is 6.61 Å². The number of nitrogens with one attached hydrogen (secondary N) is 2. The fraction of sp³-hybridized carbons (Fsp3) is 0.182. The van der Waals surface area contributed by atoms with Gasteiger partial charge in [-0.15, -0.1) is 0 Å². The molecule has 0 radical (unpaired) electrons. The number of imide groups is 1. The zero-order valence-corrected chi connectivity index (χ0v) is 9.73. The molecule has 4 amide bonds. The van der Waals surface area contributed by atoms with Crippen LogP contribution in [0.25, 0.3) is 0 Å². The largest absolute Gasteiger partial charge is 0.484 e. The van der Waals surface area contributed by atoms with Gasteiger partial charge in [-0.05, 0) is 24.3 Å². The number of carbonyl (C=O) groups excluding carboxylic acids is 3. The monoisotopic (exact) mass is 251 g/mol. The second-order valence-electron chi connectivity index (χ2n) is 3.30. The van der Waals surface area contributed by atoms with Gasteiger partial charge in [-0.25, -0.2) is 4.79 Å². The van der Waals surface area contributed by atoms with Gasteiger partial charge in [-0.3, -0.25) is 14.9 Å². The van der Waals surface area contributed by atoms with Crippen LogP contribution in [0.1, 0.15) is 10.4 Å². The lowest BCUT2D eigenvalue weighted by Gasteiger charge is -2.06. The number of hydrogen-bond donors (Lipinski definition) is 3. The number of benzene rings is 1. The molecule has 0 atom stereocenters. The Labute approximate surface area is 103 Å². The first-order valence-electron chi connectivity index (χ1n) is 5.07. The summed E-state index contributed by atoms with van der Waals surface area (Å²) in [4.78, 5) is 32.8. The van der Waals surface area contributed by atoms with Crippen molar-refractivity contribution < 1.29 is 19.1 Å². The molecule has 18 heavy (non-hydrogen) atoms. The maximum absolute atomic E-state index is 11.2. The third-order valence-electron chi connectivity index (χ3n) is 1.99. The van der Waals surface area contributed by atoms with Crippen molar-refractivity contribution in [3.63, 3.8) is 0 Å². The van der Waals surface area contributed by atoms with Gasteiger partial charge in [0.05, 0.1) is 0 Å². The highest BCUT2D eigenvalue weighted by atomic mass is 16.5. The van der Waals surface area contributed by atoms with E-state index in [4.69, 9.17) is 10.5 Å². The summed E-state index contributed by atoms with van der Waals surface area (Å²) in [5.41, 5.74) is 5.41. The molecule has 1 aromatic carbocycles. The Bertz CT molecular complexity index is 456. The van der Waals surface area contributed by atoms with Crippen molar-refractivity contribution in [2.24, 2.45) is 5.73 Å². The van der Waals surface area contributed by atoms with Crippen LogP contribution < -0.4 is 21.1 Å². The first-order valence-corrected chi connectivity index (χ1v) is 5.07. The molecular formula is C11H13N3O4. The number of hydrogen-bond acceptors (Lipinski definition) is 4. The van der Waals surface area contributed by atoms with Crippen LogP contribution >= 0.6 is 0 Å². The number of rotatable bonds is 4. The van der Waals surface area contributed by atoms with Crippen molar-refractivity contribution >= 4 is 17.8 Å². The maximum Gasteiger partial charge on any atom is 0.321 e. The van der Waals surface area contributed by atoms with Gasteiger partial charge in [-0.2, -0.15) is 0 Å². The predicted molar refractivity (Wildman–Crippen MR) is 63.1 cm³/mol. The second kappa shape index (κ2) is 6.24. The average Bonchev–Trinajstić information content (AvgIpc) is 2.36. The van der Waals surface area contributed by atoms with E-state index in [0.29, 0.717) is 11.3 Å². The van der Waals surface area contributed by atoms with Crippen LogP contribution in [0.5, 0.6) is 5.75 Å². The molecule has 0 bridgehead atoms. The molecule has 0 saturated carbocycles. The van der Waals surface area contributed by atoms with Crippen molar-refractivity contribution in [3.05, 3.63) is 29.8 Å². The van der Waals surface area contributed by atoms with E-state index in [1.165, 1.54) is 31.3 Å². The molecule has 7 nitrogen and oxygen atoms in total. The number of carbonyl (C=O) groups is 3. The Morgan fingerprint density at radius 3 is 2.33 bits per heavy atom. The summed E-state index contributed by atoms with van der Waals surface area (Å²) in [6.07, 6.45) is 0. The van der Waals surface area contributed by atoms with Crippen molar-refractivity contribution in [2.45, 2.75) is 0 Å². The van der Waals surface area contributed by atoms with E-state index in [9.17, 15) is 14.4 Å². The van der Waals surface area contributed by atoms with E-state index >= 15 is 0 Å². The van der Waals surface area contributed by atoms with Crippen LogP contribution in [0.2, 0.25) is 0 Å². The molecule has 0 fully saturated rings. The molecule has 0 heterocycles. The highest BCUT2D eigenvalue weighted by molar-refractivity contribution is 5.95. The van der Waals surface area contributed by atoms with Gasteiger partial charge in [0.2, 0.25) is 5.91 Å². The van der Waals surface area contributed by atoms with Gasteiger partial charge >= 0.3 is 6.03 Å². The normalized spacial score (nSPS) is 9.39. The average molecular weight is 251 g/mol. The van der Waals surface area contributed by atoms with E-state index in [1.54, 1.807) is 0 Å². The molecule has 0 unspecified atom stereocenters. The van der Waals surface area contributed by atoms with Crippen LogP contribution in [0.3, 0.4) is 0 Å². The third kappa shape index (κ3) is 4.12. The molecule has 0 aliphatic rings. The number of amides is 4. The number of ether oxygens (including phenoxy) is 1. The summed E-state index contributed by atoms with van der Waals surface area (Å²) < 4.78 is 5.10. The summed E-state index contributed by atoms with van der Waals surface area (Å²) in [5, 5.41) is 4.28. The van der Waals surface area contributed by atoms with E-state index in [2.05, 4.69) is 5.32 Å². The van der Waals surface area contributed by atoms with Crippen molar-refractivity contribution in [2.75, 3.05) is 13.7 Å². The van der Waals surface area contributed by atoms with Crippen LogP contribution in [0.4, 0.5) is 4.79 Å².